The highest BCUT2D eigenvalue weighted by Gasteiger charge is 2.21. The molecule has 164 valence electrons. The van der Waals surface area contributed by atoms with Crippen LogP contribution in [0.4, 0.5) is 17.3 Å². The highest BCUT2D eigenvalue weighted by Crippen LogP contribution is 2.30. The Morgan fingerprint density at radius 2 is 1.91 bits per heavy atom. The first-order valence-electron chi connectivity index (χ1n) is 10.4. The number of pyridine rings is 1. The first-order chi connectivity index (χ1) is 15.4. The normalized spacial score (nSPS) is 13.9. The van der Waals surface area contributed by atoms with Gasteiger partial charge in [-0.2, -0.15) is 0 Å². The zero-order valence-corrected chi connectivity index (χ0v) is 18.8. The van der Waals surface area contributed by atoms with E-state index in [1.54, 1.807) is 12.1 Å². The van der Waals surface area contributed by atoms with Crippen LogP contribution in [0.25, 0.3) is 11.0 Å². The fraction of sp³-hybridized carbons (Fsp3) is 0.261. The van der Waals surface area contributed by atoms with E-state index in [1.807, 2.05) is 42.3 Å². The number of anilines is 3. The van der Waals surface area contributed by atoms with Crippen molar-refractivity contribution in [3.05, 3.63) is 71.8 Å². The third-order valence-corrected chi connectivity index (χ3v) is 6.53. The Balaban J connectivity index is 1.36. The molecule has 0 radical (unpaired) electrons. The van der Waals surface area contributed by atoms with Crippen LogP contribution >= 0.6 is 0 Å². The Morgan fingerprint density at radius 3 is 2.69 bits per heavy atom. The van der Waals surface area contributed by atoms with E-state index in [-0.39, 0.29) is 5.75 Å². The standard InChI is InChI=1S/C23H24N6O2S/c1-28-11-9-19-21(7-10-24-22(19)28)29-12-8-17-13-25-23(27-20(17)14-29)26-18-5-3-16(4-6-18)15-32(2,30)31/h3-7,9-11,13H,8,12,14-15H2,1-2H3,(H,25,26,27). The summed E-state index contributed by atoms with van der Waals surface area (Å²) < 4.78 is 25.0. The number of nitrogens with zero attached hydrogens (tertiary/aromatic N) is 5. The van der Waals surface area contributed by atoms with Crippen LogP contribution in [0.1, 0.15) is 16.8 Å². The number of hydrogen-bond acceptors (Lipinski definition) is 7. The predicted octanol–water partition coefficient (Wildman–Crippen LogP) is 3.21. The molecule has 8 nitrogen and oxygen atoms in total. The second-order valence-corrected chi connectivity index (χ2v) is 10.4. The summed E-state index contributed by atoms with van der Waals surface area (Å²) in [4.78, 5) is 16.1. The summed E-state index contributed by atoms with van der Waals surface area (Å²) in [7, 11) is -1.05. The predicted molar refractivity (Wildman–Crippen MR) is 126 cm³/mol. The topological polar surface area (TPSA) is 93.0 Å². The minimum Gasteiger partial charge on any atom is -0.365 e. The second-order valence-electron chi connectivity index (χ2n) is 8.22. The smallest absolute Gasteiger partial charge is 0.227 e. The molecule has 0 atom stereocenters. The average Bonchev–Trinajstić information content (AvgIpc) is 3.15. The summed E-state index contributed by atoms with van der Waals surface area (Å²) in [6.45, 7) is 1.60. The van der Waals surface area contributed by atoms with Gasteiger partial charge in [0.1, 0.15) is 5.65 Å². The van der Waals surface area contributed by atoms with Crippen molar-refractivity contribution in [3.8, 4) is 0 Å². The molecule has 0 unspecified atom stereocenters. The quantitative estimate of drug-likeness (QED) is 0.501. The fourth-order valence-corrected chi connectivity index (χ4v) is 4.91. The van der Waals surface area contributed by atoms with Crippen LogP contribution in [0.15, 0.2) is 55.0 Å². The lowest BCUT2D eigenvalue weighted by molar-refractivity contribution is 0.601. The van der Waals surface area contributed by atoms with Crippen LogP contribution < -0.4 is 10.2 Å². The Labute approximate surface area is 186 Å². The van der Waals surface area contributed by atoms with Crippen molar-refractivity contribution in [2.24, 2.45) is 7.05 Å². The molecule has 32 heavy (non-hydrogen) atoms. The molecule has 0 spiro atoms. The number of sulfone groups is 1. The van der Waals surface area contributed by atoms with Crippen molar-refractivity contribution >= 4 is 38.2 Å². The van der Waals surface area contributed by atoms with Crippen LogP contribution in [0.5, 0.6) is 0 Å². The van der Waals surface area contributed by atoms with Gasteiger partial charge in [0.2, 0.25) is 5.95 Å². The highest BCUT2D eigenvalue weighted by atomic mass is 32.2. The summed E-state index contributed by atoms with van der Waals surface area (Å²) in [5, 5.41) is 4.37. The van der Waals surface area contributed by atoms with Crippen molar-refractivity contribution in [3.63, 3.8) is 0 Å². The summed E-state index contributed by atoms with van der Waals surface area (Å²) in [5.41, 5.74) is 5.87. The monoisotopic (exact) mass is 448 g/mol. The third kappa shape index (κ3) is 4.16. The molecule has 0 saturated heterocycles. The van der Waals surface area contributed by atoms with Gasteiger partial charge in [-0.1, -0.05) is 12.1 Å². The lowest BCUT2D eigenvalue weighted by Gasteiger charge is -2.30. The zero-order valence-electron chi connectivity index (χ0n) is 18.0. The summed E-state index contributed by atoms with van der Waals surface area (Å²) >= 11 is 0. The van der Waals surface area contributed by atoms with Crippen molar-refractivity contribution in [1.29, 1.82) is 0 Å². The van der Waals surface area contributed by atoms with E-state index in [2.05, 4.69) is 32.3 Å². The number of hydrogen-bond donors (Lipinski definition) is 1. The number of aromatic nitrogens is 4. The molecular formula is C23H24N6O2S. The molecule has 0 fully saturated rings. The van der Waals surface area contributed by atoms with Gasteiger partial charge in [-0.25, -0.2) is 23.4 Å². The summed E-state index contributed by atoms with van der Waals surface area (Å²) in [6.07, 6.45) is 7.90. The maximum Gasteiger partial charge on any atom is 0.227 e. The van der Waals surface area contributed by atoms with Gasteiger partial charge in [-0.15, -0.1) is 0 Å². The lowest BCUT2D eigenvalue weighted by atomic mass is 10.1. The molecule has 1 aliphatic heterocycles. The molecule has 1 aliphatic rings. The first-order valence-corrected chi connectivity index (χ1v) is 12.5. The molecule has 0 aliphatic carbocycles. The Hall–Kier alpha value is -3.46. The average molecular weight is 449 g/mol. The SMILES string of the molecule is Cn1ccc2c(N3CCc4cnc(Nc5ccc(CS(C)(=O)=O)cc5)nc4C3)ccnc21. The van der Waals surface area contributed by atoms with Crippen molar-refractivity contribution in [2.45, 2.75) is 18.7 Å². The van der Waals surface area contributed by atoms with Crippen molar-refractivity contribution in [1.82, 2.24) is 19.5 Å². The third-order valence-electron chi connectivity index (χ3n) is 5.67. The fourth-order valence-electron chi connectivity index (χ4n) is 4.11. The zero-order chi connectivity index (χ0) is 22.3. The number of fused-ring (bicyclic) bond motifs is 2. The Morgan fingerprint density at radius 1 is 1.09 bits per heavy atom. The molecule has 4 heterocycles. The Bertz CT molecular complexity index is 1400. The second kappa shape index (κ2) is 7.90. The van der Waals surface area contributed by atoms with Crippen LogP contribution in [0.2, 0.25) is 0 Å². The molecule has 4 aromatic rings. The Kier molecular flexibility index (Phi) is 5.05. The molecule has 0 saturated carbocycles. The van der Waals surface area contributed by atoms with Gasteiger partial charge < -0.3 is 14.8 Å². The van der Waals surface area contributed by atoms with E-state index in [1.165, 1.54) is 6.26 Å². The van der Waals surface area contributed by atoms with Gasteiger partial charge in [0.15, 0.2) is 9.84 Å². The van der Waals surface area contributed by atoms with E-state index in [9.17, 15) is 8.42 Å². The minimum atomic E-state index is -3.05. The molecule has 9 heteroatoms. The van der Waals surface area contributed by atoms with E-state index >= 15 is 0 Å². The number of aryl methyl sites for hydroxylation is 1. The number of nitrogens with one attached hydrogen (secondary N) is 1. The molecule has 1 aromatic carbocycles. The van der Waals surface area contributed by atoms with Gasteiger partial charge in [0.05, 0.1) is 18.0 Å². The van der Waals surface area contributed by atoms with Crippen molar-refractivity contribution in [2.75, 3.05) is 23.0 Å². The van der Waals surface area contributed by atoms with Crippen LogP contribution in [0, 0.1) is 0 Å². The molecular weight excluding hydrogens is 424 g/mol. The molecule has 3 aromatic heterocycles. The maximum absolute atomic E-state index is 11.5. The number of benzene rings is 1. The maximum atomic E-state index is 11.5. The first kappa shape index (κ1) is 20.4. The lowest BCUT2D eigenvalue weighted by Crippen LogP contribution is -2.31. The molecule has 0 amide bonds. The highest BCUT2D eigenvalue weighted by molar-refractivity contribution is 7.89. The van der Waals surface area contributed by atoms with E-state index in [0.717, 1.165) is 52.2 Å². The van der Waals surface area contributed by atoms with Crippen LogP contribution in [-0.2, 0) is 35.6 Å². The van der Waals surface area contributed by atoms with Gasteiger partial charge in [0, 0.05) is 55.2 Å². The van der Waals surface area contributed by atoms with E-state index in [0.29, 0.717) is 12.5 Å². The molecule has 1 N–H and O–H groups in total. The van der Waals surface area contributed by atoms with Crippen LogP contribution in [0.3, 0.4) is 0 Å². The van der Waals surface area contributed by atoms with Crippen LogP contribution in [-0.4, -0.2) is 40.7 Å². The van der Waals surface area contributed by atoms with Gasteiger partial charge in [0.25, 0.3) is 0 Å². The van der Waals surface area contributed by atoms with Gasteiger partial charge in [-0.3, -0.25) is 0 Å². The largest absolute Gasteiger partial charge is 0.365 e. The summed E-state index contributed by atoms with van der Waals surface area (Å²) in [6, 6.07) is 11.5. The minimum absolute atomic E-state index is 0.0299. The van der Waals surface area contributed by atoms with Gasteiger partial charge >= 0.3 is 0 Å². The van der Waals surface area contributed by atoms with Gasteiger partial charge in [-0.05, 0) is 41.8 Å². The summed E-state index contributed by atoms with van der Waals surface area (Å²) in [5.74, 6) is 0.559. The molecule has 0 bridgehead atoms. The van der Waals surface area contributed by atoms with Crippen molar-refractivity contribution < 1.29 is 8.42 Å². The van der Waals surface area contributed by atoms with E-state index < -0.39 is 9.84 Å². The van der Waals surface area contributed by atoms with E-state index in [4.69, 9.17) is 4.98 Å². The molecule has 5 rings (SSSR count). The number of rotatable bonds is 5.